The van der Waals surface area contributed by atoms with Crippen LogP contribution in [0, 0.1) is 0 Å². The van der Waals surface area contributed by atoms with E-state index in [4.69, 9.17) is 10.7 Å². The van der Waals surface area contributed by atoms with Crippen molar-refractivity contribution in [2.45, 2.75) is 4.90 Å². The number of aromatic hydroxyl groups is 1. The molecule has 0 aliphatic rings. The molecule has 0 aliphatic carbocycles. The minimum Gasteiger partial charge on any atom is -0.508 e. The summed E-state index contributed by atoms with van der Waals surface area (Å²) in [5.41, 5.74) is 0.102. The van der Waals surface area contributed by atoms with Gasteiger partial charge in [0, 0.05) is 16.8 Å². The number of carbonyl (C=O) groups excluding carboxylic acids is 1. The molecule has 0 aromatic heterocycles. The third-order valence-corrected chi connectivity index (χ3v) is 3.25. The zero-order valence-corrected chi connectivity index (χ0v) is 10.3. The summed E-state index contributed by atoms with van der Waals surface area (Å²) >= 11 is 0. The van der Waals surface area contributed by atoms with E-state index in [0.29, 0.717) is 0 Å². The Balaban J connectivity index is 3.26. The molecule has 1 aromatic carbocycles. The Labute approximate surface area is 103 Å². The van der Waals surface area contributed by atoms with Crippen molar-refractivity contribution in [1.29, 1.82) is 0 Å². The van der Waals surface area contributed by atoms with Crippen LogP contribution in [0.3, 0.4) is 0 Å². The average Bonchev–Trinajstić information content (AvgIpc) is 2.24. The second-order valence-corrected chi connectivity index (χ2v) is 5.55. The first-order valence-electron chi connectivity index (χ1n) is 4.38. The van der Waals surface area contributed by atoms with Gasteiger partial charge in [-0.05, 0) is 29.8 Å². The standard InChI is InChI=1S/C10H9ClO5S/c1-16-10(13)5-2-7-6-8(12)3-4-9(7)17(11,14)15/h2-6,12H,1H3/b5-2+. The quantitative estimate of drug-likeness (QED) is 0.514. The largest absolute Gasteiger partial charge is 0.508 e. The van der Waals surface area contributed by atoms with Gasteiger partial charge in [0.1, 0.15) is 5.75 Å². The van der Waals surface area contributed by atoms with Crippen molar-refractivity contribution in [3.63, 3.8) is 0 Å². The molecule has 92 valence electrons. The van der Waals surface area contributed by atoms with Gasteiger partial charge in [0.05, 0.1) is 12.0 Å². The lowest BCUT2D eigenvalue weighted by Crippen LogP contribution is -1.96. The van der Waals surface area contributed by atoms with Crippen molar-refractivity contribution >= 4 is 31.8 Å². The van der Waals surface area contributed by atoms with Crippen molar-refractivity contribution in [3.8, 4) is 5.75 Å². The molecule has 1 rings (SSSR count). The number of benzene rings is 1. The van der Waals surface area contributed by atoms with Gasteiger partial charge < -0.3 is 9.84 Å². The molecule has 5 nitrogen and oxygen atoms in total. The monoisotopic (exact) mass is 276 g/mol. The Morgan fingerprint density at radius 2 is 2.12 bits per heavy atom. The minimum atomic E-state index is -3.95. The van der Waals surface area contributed by atoms with Gasteiger partial charge in [0.2, 0.25) is 0 Å². The summed E-state index contributed by atoms with van der Waals surface area (Å²) in [4.78, 5) is 10.7. The lowest BCUT2D eigenvalue weighted by atomic mass is 10.2. The Hall–Kier alpha value is -1.53. The number of hydrogen-bond acceptors (Lipinski definition) is 5. The van der Waals surface area contributed by atoms with E-state index in [2.05, 4.69) is 4.74 Å². The van der Waals surface area contributed by atoms with E-state index in [1.165, 1.54) is 25.3 Å². The fourth-order valence-corrected chi connectivity index (χ4v) is 2.17. The molecule has 0 unspecified atom stereocenters. The van der Waals surface area contributed by atoms with Gasteiger partial charge >= 0.3 is 5.97 Å². The number of rotatable bonds is 3. The maximum absolute atomic E-state index is 11.2. The van der Waals surface area contributed by atoms with Crippen LogP contribution in [-0.2, 0) is 18.6 Å². The summed E-state index contributed by atoms with van der Waals surface area (Å²) in [5.74, 6) is -0.787. The highest BCUT2D eigenvalue weighted by molar-refractivity contribution is 8.13. The number of esters is 1. The van der Waals surface area contributed by atoms with Crippen molar-refractivity contribution in [2.75, 3.05) is 7.11 Å². The zero-order chi connectivity index (χ0) is 13.1. The number of methoxy groups -OCH3 is 1. The molecular formula is C10H9ClO5S. The van der Waals surface area contributed by atoms with Crippen LogP contribution in [-0.4, -0.2) is 26.6 Å². The highest BCUT2D eigenvalue weighted by Gasteiger charge is 2.14. The molecule has 0 atom stereocenters. The maximum Gasteiger partial charge on any atom is 0.330 e. The van der Waals surface area contributed by atoms with E-state index < -0.39 is 15.0 Å². The third-order valence-electron chi connectivity index (χ3n) is 1.86. The van der Waals surface area contributed by atoms with Gasteiger partial charge in [0.25, 0.3) is 9.05 Å². The molecule has 0 radical (unpaired) electrons. The van der Waals surface area contributed by atoms with Gasteiger partial charge in [-0.1, -0.05) is 0 Å². The van der Waals surface area contributed by atoms with Crippen molar-refractivity contribution in [2.24, 2.45) is 0 Å². The van der Waals surface area contributed by atoms with Crippen LogP contribution < -0.4 is 0 Å². The molecular weight excluding hydrogens is 268 g/mol. The summed E-state index contributed by atoms with van der Waals surface area (Å²) in [6, 6.07) is 3.51. The van der Waals surface area contributed by atoms with Crippen LogP contribution >= 0.6 is 10.7 Å². The van der Waals surface area contributed by atoms with Crippen LogP contribution in [0.4, 0.5) is 0 Å². The minimum absolute atomic E-state index is 0.102. The molecule has 0 bridgehead atoms. The van der Waals surface area contributed by atoms with Crippen LogP contribution in [0.2, 0.25) is 0 Å². The van der Waals surface area contributed by atoms with Crippen LogP contribution in [0.1, 0.15) is 5.56 Å². The first-order valence-corrected chi connectivity index (χ1v) is 6.69. The van der Waals surface area contributed by atoms with Crippen LogP contribution in [0.5, 0.6) is 5.75 Å². The van der Waals surface area contributed by atoms with Crippen LogP contribution in [0.25, 0.3) is 6.08 Å². The number of carbonyl (C=O) groups is 1. The lowest BCUT2D eigenvalue weighted by Gasteiger charge is -2.02. The summed E-state index contributed by atoms with van der Waals surface area (Å²) < 4.78 is 26.8. The molecule has 0 heterocycles. The van der Waals surface area contributed by atoms with Crippen molar-refractivity contribution < 1.29 is 23.1 Å². The highest BCUT2D eigenvalue weighted by Crippen LogP contribution is 2.25. The Kier molecular flexibility index (Phi) is 4.14. The molecule has 0 fully saturated rings. The predicted octanol–water partition coefficient (Wildman–Crippen LogP) is 1.51. The number of hydrogen-bond donors (Lipinski definition) is 1. The molecule has 0 amide bonds. The summed E-state index contributed by atoms with van der Waals surface area (Å²) in [5, 5.41) is 9.24. The molecule has 0 saturated carbocycles. The summed E-state index contributed by atoms with van der Waals surface area (Å²) in [6.45, 7) is 0. The smallest absolute Gasteiger partial charge is 0.330 e. The number of halogens is 1. The highest BCUT2D eigenvalue weighted by atomic mass is 35.7. The first kappa shape index (κ1) is 13.5. The van der Waals surface area contributed by atoms with E-state index in [-0.39, 0.29) is 16.2 Å². The number of phenols is 1. The number of phenolic OH excluding ortho intramolecular Hbond substituents is 1. The second kappa shape index (κ2) is 5.20. The third kappa shape index (κ3) is 3.76. The molecule has 1 N–H and O–H groups in total. The van der Waals surface area contributed by atoms with Crippen LogP contribution in [0.15, 0.2) is 29.2 Å². The van der Waals surface area contributed by atoms with Crippen molar-refractivity contribution in [3.05, 3.63) is 29.8 Å². The molecule has 0 spiro atoms. The van der Waals surface area contributed by atoms with Gasteiger partial charge in [-0.15, -0.1) is 0 Å². The average molecular weight is 277 g/mol. The zero-order valence-electron chi connectivity index (χ0n) is 8.75. The van der Waals surface area contributed by atoms with E-state index >= 15 is 0 Å². The van der Waals surface area contributed by atoms with Gasteiger partial charge in [-0.3, -0.25) is 0 Å². The first-order chi connectivity index (χ1) is 7.84. The lowest BCUT2D eigenvalue weighted by molar-refractivity contribution is -0.134. The molecule has 0 saturated heterocycles. The SMILES string of the molecule is COC(=O)/C=C/c1cc(O)ccc1S(=O)(=O)Cl. The Morgan fingerprint density at radius 1 is 1.47 bits per heavy atom. The topological polar surface area (TPSA) is 80.7 Å². The van der Waals surface area contributed by atoms with Gasteiger partial charge in [-0.25, -0.2) is 13.2 Å². The summed E-state index contributed by atoms with van der Waals surface area (Å²) in [6.07, 6.45) is 2.22. The Bertz CT molecular complexity index is 562. The molecule has 0 aliphatic heterocycles. The normalized spacial score (nSPS) is 11.6. The van der Waals surface area contributed by atoms with E-state index in [0.717, 1.165) is 12.1 Å². The van der Waals surface area contributed by atoms with Gasteiger partial charge in [-0.2, -0.15) is 0 Å². The fourth-order valence-electron chi connectivity index (χ4n) is 1.11. The van der Waals surface area contributed by atoms with E-state index in [9.17, 15) is 18.3 Å². The molecule has 7 heteroatoms. The Morgan fingerprint density at radius 3 is 2.65 bits per heavy atom. The van der Waals surface area contributed by atoms with E-state index in [1.54, 1.807) is 0 Å². The predicted molar refractivity (Wildman–Crippen MR) is 62.2 cm³/mol. The maximum atomic E-state index is 11.2. The molecule has 1 aromatic rings. The summed E-state index contributed by atoms with van der Waals surface area (Å²) in [7, 11) is 2.45. The fraction of sp³-hybridized carbons (Fsp3) is 0.100. The van der Waals surface area contributed by atoms with E-state index in [1.807, 2.05) is 0 Å². The molecule has 17 heavy (non-hydrogen) atoms. The number of ether oxygens (including phenoxy) is 1. The van der Waals surface area contributed by atoms with Crippen molar-refractivity contribution in [1.82, 2.24) is 0 Å². The second-order valence-electron chi connectivity index (χ2n) is 3.02. The van der Waals surface area contributed by atoms with Gasteiger partial charge in [0.15, 0.2) is 0 Å².